The molecule has 16 heavy (non-hydrogen) atoms. The molecule has 0 aromatic carbocycles. The summed E-state index contributed by atoms with van der Waals surface area (Å²) < 4.78 is 22.9. The average molecular weight is 242 g/mol. The van der Waals surface area contributed by atoms with Crippen molar-refractivity contribution >= 4 is 9.84 Å². The minimum atomic E-state index is -2.82. The third-order valence-corrected chi connectivity index (χ3v) is 5.46. The van der Waals surface area contributed by atoms with Crippen molar-refractivity contribution in [2.45, 2.75) is 38.1 Å². The van der Waals surface area contributed by atoms with E-state index in [1.807, 2.05) is 0 Å². The highest BCUT2D eigenvalue weighted by atomic mass is 32.2. The quantitative estimate of drug-likeness (QED) is 0.793. The van der Waals surface area contributed by atoms with Gasteiger partial charge in [0.05, 0.1) is 17.6 Å². The number of nitriles is 1. The first-order chi connectivity index (χ1) is 7.55. The van der Waals surface area contributed by atoms with Gasteiger partial charge in [0.1, 0.15) is 0 Å². The smallest absolute Gasteiger partial charge is 0.151 e. The molecule has 2 aliphatic rings. The lowest BCUT2D eigenvalue weighted by molar-refractivity contribution is 0.406. The van der Waals surface area contributed by atoms with E-state index in [4.69, 9.17) is 5.26 Å². The first-order valence-corrected chi connectivity index (χ1v) is 7.68. The molecule has 0 radical (unpaired) electrons. The van der Waals surface area contributed by atoms with E-state index < -0.39 is 9.84 Å². The van der Waals surface area contributed by atoms with E-state index in [2.05, 4.69) is 11.4 Å². The van der Waals surface area contributed by atoms with Crippen LogP contribution in [0.3, 0.4) is 0 Å². The van der Waals surface area contributed by atoms with Crippen LogP contribution in [-0.4, -0.2) is 32.5 Å². The molecule has 0 aromatic rings. The van der Waals surface area contributed by atoms with Crippen molar-refractivity contribution in [3.05, 3.63) is 0 Å². The van der Waals surface area contributed by atoms with Crippen molar-refractivity contribution in [3.63, 3.8) is 0 Å². The third-order valence-electron chi connectivity index (χ3n) is 3.64. The van der Waals surface area contributed by atoms with Gasteiger partial charge in [-0.25, -0.2) is 8.42 Å². The standard InChI is InChI=1S/C11H18N2O2S/c12-6-5-11(3-4-11)9-13-10-2-1-7-16(14,15)8-10/h10,13H,1-5,7-9H2. The molecule has 0 amide bonds. The molecule has 1 saturated carbocycles. The van der Waals surface area contributed by atoms with E-state index in [0.29, 0.717) is 12.2 Å². The zero-order valence-electron chi connectivity index (χ0n) is 9.41. The van der Waals surface area contributed by atoms with E-state index in [1.54, 1.807) is 0 Å². The number of sulfone groups is 1. The first kappa shape index (κ1) is 11.9. The Balaban J connectivity index is 1.80. The third kappa shape index (κ3) is 2.96. The summed E-state index contributed by atoms with van der Waals surface area (Å²) in [6.45, 7) is 0.806. The molecule has 1 aliphatic heterocycles. The Morgan fingerprint density at radius 1 is 1.44 bits per heavy atom. The molecular formula is C11H18N2O2S. The van der Waals surface area contributed by atoms with Crippen LogP contribution in [0.15, 0.2) is 0 Å². The van der Waals surface area contributed by atoms with Crippen molar-refractivity contribution in [2.24, 2.45) is 5.41 Å². The number of nitrogens with zero attached hydrogens (tertiary/aromatic N) is 1. The van der Waals surface area contributed by atoms with Crippen LogP contribution in [0.5, 0.6) is 0 Å². The summed E-state index contributed by atoms with van der Waals surface area (Å²) in [5, 5.41) is 12.0. The van der Waals surface area contributed by atoms with Gasteiger partial charge in [-0.1, -0.05) is 0 Å². The Labute approximate surface area is 96.9 Å². The van der Waals surface area contributed by atoms with Crippen molar-refractivity contribution in [1.82, 2.24) is 5.32 Å². The Morgan fingerprint density at radius 3 is 2.75 bits per heavy atom. The summed E-state index contributed by atoms with van der Waals surface area (Å²) in [7, 11) is -2.82. The summed E-state index contributed by atoms with van der Waals surface area (Å²) in [6, 6.07) is 2.32. The van der Waals surface area contributed by atoms with E-state index >= 15 is 0 Å². The van der Waals surface area contributed by atoms with E-state index in [1.165, 1.54) is 0 Å². The number of rotatable bonds is 4. The fraction of sp³-hybridized carbons (Fsp3) is 0.909. The Bertz CT molecular complexity index is 393. The van der Waals surface area contributed by atoms with Crippen LogP contribution in [0.4, 0.5) is 0 Å². The van der Waals surface area contributed by atoms with Gasteiger partial charge >= 0.3 is 0 Å². The highest BCUT2D eigenvalue weighted by Crippen LogP contribution is 2.47. The minimum absolute atomic E-state index is 0.106. The first-order valence-electron chi connectivity index (χ1n) is 5.86. The lowest BCUT2D eigenvalue weighted by atomic mass is 10.0. The average Bonchev–Trinajstić information content (AvgIpc) is 2.95. The molecule has 1 unspecified atom stereocenters. The molecule has 0 bridgehead atoms. The predicted molar refractivity (Wildman–Crippen MR) is 61.6 cm³/mol. The maximum absolute atomic E-state index is 11.4. The van der Waals surface area contributed by atoms with Crippen molar-refractivity contribution in [1.29, 1.82) is 5.26 Å². The maximum Gasteiger partial charge on any atom is 0.151 e. The van der Waals surface area contributed by atoms with Crippen LogP contribution < -0.4 is 5.32 Å². The topological polar surface area (TPSA) is 70.0 Å². The molecule has 1 saturated heterocycles. The fourth-order valence-electron chi connectivity index (χ4n) is 2.31. The molecule has 2 rings (SSSR count). The van der Waals surface area contributed by atoms with Gasteiger partial charge < -0.3 is 5.32 Å². The van der Waals surface area contributed by atoms with Gasteiger partial charge in [-0.15, -0.1) is 0 Å². The number of hydrogen-bond acceptors (Lipinski definition) is 4. The Kier molecular flexibility index (Phi) is 3.22. The van der Waals surface area contributed by atoms with Crippen LogP contribution >= 0.6 is 0 Å². The summed E-state index contributed by atoms with van der Waals surface area (Å²) >= 11 is 0. The van der Waals surface area contributed by atoms with Gasteiger partial charge in [0.15, 0.2) is 9.84 Å². The second-order valence-electron chi connectivity index (χ2n) is 5.17. The normalized spacial score (nSPS) is 30.6. The Hall–Kier alpha value is -0.600. The van der Waals surface area contributed by atoms with Gasteiger partial charge in [-0.3, -0.25) is 0 Å². The summed E-state index contributed by atoms with van der Waals surface area (Å²) in [4.78, 5) is 0. The SMILES string of the molecule is N#CCC1(CNC2CCCS(=O)(=O)C2)CC1. The molecule has 1 atom stereocenters. The molecule has 4 nitrogen and oxygen atoms in total. The van der Waals surface area contributed by atoms with Crippen molar-refractivity contribution in [3.8, 4) is 6.07 Å². The molecule has 0 aromatic heterocycles. The number of nitrogens with one attached hydrogen (secondary N) is 1. The molecule has 90 valence electrons. The second kappa shape index (κ2) is 4.34. The van der Waals surface area contributed by atoms with E-state index in [9.17, 15) is 8.42 Å². The Morgan fingerprint density at radius 2 is 2.19 bits per heavy atom. The van der Waals surface area contributed by atoms with Gasteiger partial charge in [0.2, 0.25) is 0 Å². The van der Waals surface area contributed by atoms with Crippen LogP contribution in [0.2, 0.25) is 0 Å². The molecule has 2 fully saturated rings. The zero-order valence-corrected chi connectivity index (χ0v) is 10.2. The highest BCUT2D eigenvalue weighted by Gasteiger charge is 2.42. The largest absolute Gasteiger partial charge is 0.312 e. The van der Waals surface area contributed by atoms with Crippen molar-refractivity contribution < 1.29 is 8.42 Å². The van der Waals surface area contributed by atoms with E-state index in [-0.39, 0.29) is 17.2 Å². The van der Waals surface area contributed by atoms with E-state index in [0.717, 1.165) is 32.2 Å². The van der Waals surface area contributed by atoms with Crippen LogP contribution in [-0.2, 0) is 9.84 Å². The molecule has 1 aliphatic carbocycles. The maximum atomic E-state index is 11.4. The van der Waals surface area contributed by atoms with Crippen LogP contribution in [0.1, 0.15) is 32.1 Å². The van der Waals surface area contributed by atoms with Gasteiger partial charge in [-0.2, -0.15) is 5.26 Å². The second-order valence-corrected chi connectivity index (χ2v) is 7.40. The lowest BCUT2D eigenvalue weighted by Crippen LogP contribution is -2.42. The summed E-state index contributed by atoms with van der Waals surface area (Å²) in [6.07, 6.45) is 4.52. The highest BCUT2D eigenvalue weighted by molar-refractivity contribution is 7.91. The van der Waals surface area contributed by atoms with Gasteiger partial charge in [0, 0.05) is 19.0 Å². The molecule has 1 heterocycles. The summed E-state index contributed by atoms with van der Waals surface area (Å²) in [5.41, 5.74) is 0.163. The van der Waals surface area contributed by atoms with Crippen LogP contribution in [0.25, 0.3) is 0 Å². The molecule has 0 spiro atoms. The van der Waals surface area contributed by atoms with Crippen molar-refractivity contribution in [2.75, 3.05) is 18.1 Å². The fourth-order valence-corrected chi connectivity index (χ4v) is 3.98. The minimum Gasteiger partial charge on any atom is -0.312 e. The van der Waals surface area contributed by atoms with Crippen LogP contribution in [0, 0.1) is 16.7 Å². The number of hydrogen-bond donors (Lipinski definition) is 1. The van der Waals surface area contributed by atoms with Gasteiger partial charge in [-0.05, 0) is 31.1 Å². The summed E-state index contributed by atoms with van der Waals surface area (Å²) in [5.74, 6) is 0.615. The lowest BCUT2D eigenvalue weighted by Gasteiger charge is -2.25. The monoisotopic (exact) mass is 242 g/mol. The molecule has 1 N–H and O–H groups in total. The zero-order chi connectivity index (χ0) is 11.6. The predicted octanol–water partition coefficient (Wildman–Crippen LogP) is 0.847. The molecule has 5 heteroatoms. The molecular weight excluding hydrogens is 224 g/mol. The van der Waals surface area contributed by atoms with Gasteiger partial charge in [0.25, 0.3) is 0 Å².